The number of rotatable bonds is 2. The van der Waals surface area contributed by atoms with E-state index in [9.17, 15) is 4.79 Å². The van der Waals surface area contributed by atoms with Gasteiger partial charge in [-0.15, -0.1) is 0 Å². The zero-order valence-corrected chi connectivity index (χ0v) is 7.76. The third-order valence-electron chi connectivity index (χ3n) is 2.19. The van der Waals surface area contributed by atoms with Gasteiger partial charge in [0.1, 0.15) is 0 Å². The van der Waals surface area contributed by atoms with E-state index in [0.29, 0.717) is 0 Å². The second kappa shape index (κ2) is 4.42. The first-order valence-corrected chi connectivity index (χ1v) is 4.44. The molecule has 0 aromatic rings. The van der Waals surface area contributed by atoms with Crippen LogP contribution < -0.4 is 10.6 Å². The minimum Gasteiger partial charge on any atom is -0.345 e. The molecule has 0 radical (unpaired) electrons. The van der Waals surface area contributed by atoms with Gasteiger partial charge in [0, 0.05) is 33.2 Å². The lowest BCUT2D eigenvalue weighted by Gasteiger charge is -2.27. The molecule has 70 valence electrons. The molecule has 0 bridgehead atoms. The summed E-state index contributed by atoms with van der Waals surface area (Å²) in [5.74, 6) is 0.185. The van der Waals surface area contributed by atoms with Crippen molar-refractivity contribution in [2.45, 2.75) is 13.0 Å². The number of hydrogen-bond donors (Lipinski definition) is 2. The lowest BCUT2D eigenvalue weighted by atomic mass is 10.2. The van der Waals surface area contributed by atoms with E-state index in [4.69, 9.17) is 0 Å². The van der Waals surface area contributed by atoms with E-state index in [1.807, 2.05) is 14.0 Å². The maximum atomic E-state index is 11.6. The number of nitrogens with one attached hydrogen (secondary N) is 2. The summed E-state index contributed by atoms with van der Waals surface area (Å²) in [7, 11) is 1.83. The minimum atomic E-state index is -0.0244. The summed E-state index contributed by atoms with van der Waals surface area (Å²) in [6.07, 6.45) is 0. The van der Waals surface area contributed by atoms with E-state index >= 15 is 0 Å². The van der Waals surface area contributed by atoms with Gasteiger partial charge in [-0.1, -0.05) is 0 Å². The quantitative estimate of drug-likeness (QED) is 0.561. The van der Waals surface area contributed by atoms with Crippen molar-refractivity contribution in [2.75, 3.05) is 33.2 Å². The summed E-state index contributed by atoms with van der Waals surface area (Å²) in [6, 6.07) is -0.0244. The standard InChI is InChI=1S/C8H17N3O/c1-3-11(2)8(12)7-6-9-4-5-10-7/h7,9-10H,3-6H2,1-2H3. The van der Waals surface area contributed by atoms with Crippen molar-refractivity contribution in [3.8, 4) is 0 Å². The molecule has 12 heavy (non-hydrogen) atoms. The SMILES string of the molecule is CCN(C)C(=O)C1CNCCN1. The van der Waals surface area contributed by atoms with Gasteiger partial charge in [-0.25, -0.2) is 0 Å². The lowest BCUT2D eigenvalue weighted by molar-refractivity contribution is -0.132. The fraction of sp³-hybridized carbons (Fsp3) is 0.875. The van der Waals surface area contributed by atoms with Crippen LogP contribution in [0.1, 0.15) is 6.92 Å². The van der Waals surface area contributed by atoms with Crippen LogP contribution in [0.15, 0.2) is 0 Å². The molecule has 1 heterocycles. The maximum absolute atomic E-state index is 11.6. The van der Waals surface area contributed by atoms with Crippen molar-refractivity contribution in [2.24, 2.45) is 0 Å². The van der Waals surface area contributed by atoms with Crippen molar-refractivity contribution in [3.63, 3.8) is 0 Å². The van der Waals surface area contributed by atoms with Crippen LogP contribution in [0, 0.1) is 0 Å². The summed E-state index contributed by atoms with van der Waals surface area (Å²) in [5, 5.41) is 6.37. The molecule has 0 aliphatic carbocycles. The molecule has 1 unspecified atom stereocenters. The number of hydrogen-bond acceptors (Lipinski definition) is 3. The molecule has 2 N–H and O–H groups in total. The molecule has 4 heteroatoms. The third-order valence-corrected chi connectivity index (χ3v) is 2.19. The van der Waals surface area contributed by atoms with Crippen molar-refractivity contribution in [1.29, 1.82) is 0 Å². The number of carbonyl (C=O) groups is 1. The van der Waals surface area contributed by atoms with Crippen LogP contribution in [0.5, 0.6) is 0 Å². The van der Waals surface area contributed by atoms with Crippen molar-refractivity contribution < 1.29 is 4.79 Å². The Bertz CT molecular complexity index is 154. The Labute approximate surface area is 73.3 Å². The van der Waals surface area contributed by atoms with Gasteiger partial charge in [0.15, 0.2) is 0 Å². The topological polar surface area (TPSA) is 44.4 Å². The zero-order chi connectivity index (χ0) is 8.97. The lowest BCUT2D eigenvalue weighted by Crippen LogP contribution is -2.55. The average molecular weight is 171 g/mol. The summed E-state index contributed by atoms with van der Waals surface area (Å²) in [4.78, 5) is 13.3. The smallest absolute Gasteiger partial charge is 0.240 e. The van der Waals surface area contributed by atoms with E-state index in [1.54, 1.807) is 4.90 Å². The van der Waals surface area contributed by atoms with Crippen molar-refractivity contribution in [1.82, 2.24) is 15.5 Å². The van der Waals surface area contributed by atoms with Crippen LogP contribution in [0.25, 0.3) is 0 Å². The summed E-state index contributed by atoms with van der Waals surface area (Å²) < 4.78 is 0. The molecule has 4 nitrogen and oxygen atoms in total. The molecule has 0 saturated carbocycles. The Hall–Kier alpha value is -0.610. The van der Waals surface area contributed by atoms with Crippen LogP contribution in [0.3, 0.4) is 0 Å². The van der Waals surface area contributed by atoms with E-state index in [-0.39, 0.29) is 11.9 Å². The molecule has 0 spiro atoms. The average Bonchev–Trinajstić information content (AvgIpc) is 2.17. The minimum absolute atomic E-state index is 0.0244. The highest BCUT2D eigenvalue weighted by Gasteiger charge is 2.22. The first-order valence-electron chi connectivity index (χ1n) is 4.44. The van der Waals surface area contributed by atoms with Gasteiger partial charge in [-0.3, -0.25) is 4.79 Å². The van der Waals surface area contributed by atoms with Gasteiger partial charge in [-0.2, -0.15) is 0 Å². The second-order valence-electron chi connectivity index (χ2n) is 3.06. The van der Waals surface area contributed by atoms with Crippen LogP contribution in [-0.2, 0) is 4.79 Å². The van der Waals surface area contributed by atoms with Crippen molar-refractivity contribution >= 4 is 5.91 Å². The van der Waals surface area contributed by atoms with Gasteiger partial charge in [0.05, 0.1) is 6.04 Å². The van der Waals surface area contributed by atoms with Crippen LogP contribution in [0.4, 0.5) is 0 Å². The molecule has 1 fully saturated rings. The summed E-state index contributed by atoms with van der Waals surface area (Å²) in [5.41, 5.74) is 0. The predicted molar refractivity (Wildman–Crippen MR) is 48.0 cm³/mol. The van der Waals surface area contributed by atoms with E-state index in [1.165, 1.54) is 0 Å². The van der Waals surface area contributed by atoms with E-state index in [0.717, 1.165) is 26.2 Å². The molecule has 1 amide bonds. The van der Waals surface area contributed by atoms with Crippen molar-refractivity contribution in [3.05, 3.63) is 0 Å². The number of likely N-dealkylation sites (N-methyl/N-ethyl adjacent to an activating group) is 1. The van der Waals surface area contributed by atoms with E-state index < -0.39 is 0 Å². The fourth-order valence-corrected chi connectivity index (χ4v) is 1.25. The second-order valence-corrected chi connectivity index (χ2v) is 3.06. The summed E-state index contributed by atoms with van der Waals surface area (Å²) in [6.45, 7) is 5.35. The molecule has 1 saturated heterocycles. The van der Waals surface area contributed by atoms with Crippen LogP contribution in [-0.4, -0.2) is 50.1 Å². The number of carbonyl (C=O) groups excluding carboxylic acids is 1. The molecule has 1 aliphatic rings. The highest BCUT2D eigenvalue weighted by Crippen LogP contribution is 1.93. The number of amides is 1. The Kier molecular flexibility index (Phi) is 3.49. The third kappa shape index (κ3) is 2.19. The van der Waals surface area contributed by atoms with Gasteiger partial charge in [0.2, 0.25) is 5.91 Å². The normalized spacial score (nSPS) is 23.7. The predicted octanol–water partition coefficient (Wildman–Crippen LogP) is -0.974. The molecule has 1 atom stereocenters. The van der Waals surface area contributed by atoms with Gasteiger partial charge < -0.3 is 15.5 Å². The van der Waals surface area contributed by atoms with Crippen LogP contribution >= 0.6 is 0 Å². The summed E-state index contributed by atoms with van der Waals surface area (Å²) >= 11 is 0. The highest BCUT2D eigenvalue weighted by atomic mass is 16.2. The monoisotopic (exact) mass is 171 g/mol. The van der Waals surface area contributed by atoms with E-state index in [2.05, 4.69) is 10.6 Å². The first-order chi connectivity index (χ1) is 5.75. The molecule has 0 aromatic heterocycles. The fourth-order valence-electron chi connectivity index (χ4n) is 1.25. The molecule has 1 rings (SSSR count). The first kappa shape index (κ1) is 9.48. The van der Waals surface area contributed by atoms with Gasteiger partial charge in [-0.05, 0) is 6.92 Å². The Morgan fingerprint density at radius 3 is 2.83 bits per heavy atom. The molecular weight excluding hydrogens is 154 g/mol. The molecule has 1 aliphatic heterocycles. The zero-order valence-electron chi connectivity index (χ0n) is 7.76. The Balaban J connectivity index is 2.39. The largest absolute Gasteiger partial charge is 0.345 e. The highest BCUT2D eigenvalue weighted by molar-refractivity contribution is 5.82. The number of nitrogens with zero attached hydrogens (tertiary/aromatic N) is 1. The molecule has 0 aromatic carbocycles. The maximum Gasteiger partial charge on any atom is 0.240 e. The van der Waals surface area contributed by atoms with Gasteiger partial charge in [0.25, 0.3) is 0 Å². The molecular formula is C8H17N3O. The number of piperazine rings is 1. The Morgan fingerprint density at radius 1 is 1.58 bits per heavy atom. The van der Waals surface area contributed by atoms with Crippen LogP contribution in [0.2, 0.25) is 0 Å². The van der Waals surface area contributed by atoms with Gasteiger partial charge >= 0.3 is 0 Å². The Morgan fingerprint density at radius 2 is 2.33 bits per heavy atom.